The zero-order valence-electron chi connectivity index (χ0n) is 15.1. The summed E-state index contributed by atoms with van der Waals surface area (Å²) in [7, 11) is 0. The Hall–Kier alpha value is -2.67. The quantitative estimate of drug-likeness (QED) is 0.665. The fraction of sp³-hybridized carbons (Fsp3) is 0.350. The minimum Gasteiger partial charge on any atom is -0.484 e. The zero-order chi connectivity index (χ0) is 18.6. The molecule has 1 amide bonds. The van der Waals surface area contributed by atoms with Crippen LogP contribution in [0.15, 0.2) is 45.6 Å². The molecule has 1 aliphatic heterocycles. The van der Waals surface area contributed by atoms with Crippen LogP contribution in [0.25, 0.3) is 0 Å². The molecule has 0 spiro atoms. The lowest BCUT2D eigenvalue weighted by Crippen LogP contribution is -2.37. The highest BCUT2D eigenvalue weighted by atomic mass is 32.1. The van der Waals surface area contributed by atoms with Gasteiger partial charge in [-0.25, -0.2) is 0 Å². The Morgan fingerprint density at radius 3 is 2.74 bits per heavy atom. The van der Waals surface area contributed by atoms with E-state index in [9.17, 15) is 4.79 Å². The van der Waals surface area contributed by atoms with Crippen molar-refractivity contribution in [3.05, 3.63) is 63.9 Å². The van der Waals surface area contributed by atoms with Crippen LogP contribution in [0.4, 0.5) is 0 Å². The minimum absolute atomic E-state index is 0.106. The number of carbonyl (C=O) groups is 1. The summed E-state index contributed by atoms with van der Waals surface area (Å²) < 4.78 is 11.0. The van der Waals surface area contributed by atoms with Crippen LogP contribution in [-0.4, -0.2) is 34.0 Å². The fourth-order valence-electron chi connectivity index (χ4n) is 3.18. The van der Waals surface area contributed by atoms with Gasteiger partial charge >= 0.3 is 0 Å². The number of aromatic nitrogens is 2. The lowest BCUT2D eigenvalue weighted by Gasteiger charge is -2.30. The van der Waals surface area contributed by atoms with Crippen LogP contribution in [0.3, 0.4) is 0 Å². The van der Waals surface area contributed by atoms with E-state index in [1.54, 1.807) is 11.3 Å². The van der Waals surface area contributed by atoms with Crippen molar-refractivity contribution in [3.8, 4) is 5.75 Å². The highest BCUT2D eigenvalue weighted by Crippen LogP contribution is 2.27. The summed E-state index contributed by atoms with van der Waals surface area (Å²) in [5, 5.41) is 7.94. The first-order valence-electron chi connectivity index (χ1n) is 9.02. The number of hydrogen-bond donors (Lipinski definition) is 0. The molecule has 0 radical (unpaired) electrons. The normalized spacial score (nSPS) is 15.1. The zero-order valence-corrected chi connectivity index (χ0v) is 15.9. The predicted molar refractivity (Wildman–Crippen MR) is 102 cm³/mol. The van der Waals surface area contributed by atoms with Gasteiger partial charge in [0.1, 0.15) is 5.75 Å². The molecule has 0 bridgehead atoms. The van der Waals surface area contributed by atoms with E-state index in [1.165, 1.54) is 5.56 Å². The second kappa shape index (κ2) is 7.92. The maximum absolute atomic E-state index is 12.4. The first kappa shape index (κ1) is 17.7. The summed E-state index contributed by atoms with van der Waals surface area (Å²) in [6.07, 6.45) is 1.68. The topological polar surface area (TPSA) is 68.5 Å². The van der Waals surface area contributed by atoms with Crippen molar-refractivity contribution in [1.82, 2.24) is 15.0 Å². The first-order valence-corrected chi connectivity index (χ1v) is 9.97. The van der Waals surface area contributed by atoms with Gasteiger partial charge in [-0.1, -0.05) is 22.9 Å². The molecule has 1 fully saturated rings. The molecule has 0 aliphatic carbocycles. The van der Waals surface area contributed by atoms with E-state index in [0.29, 0.717) is 24.8 Å². The summed E-state index contributed by atoms with van der Waals surface area (Å²) in [5.74, 6) is 2.28. The molecule has 1 aromatic carbocycles. The minimum atomic E-state index is 0.106. The largest absolute Gasteiger partial charge is 0.484 e. The molecule has 1 saturated heterocycles. The van der Waals surface area contributed by atoms with Gasteiger partial charge in [-0.2, -0.15) is 16.3 Å². The molecular weight excluding hydrogens is 362 g/mol. The van der Waals surface area contributed by atoms with Crippen LogP contribution < -0.4 is 4.74 Å². The van der Waals surface area contributed by atoms with Gasteiger partial charge in [-0.15, -0.1) is 0 Å². The number of thiophene rings is 1. The van der Waals surface area contributed by atoms with E-state index in [0.717, 1.165) is 24.2 Å². The average Bonchev–Trinajstić information content (AvgIpc) is 3.39. The molecule has 27 heavy (non-hydrogen) atoms. The van der Waals surface area contributed by atoms with Crippen molar-refractivity contribution in [1.29, 1.82) is 0 Å². The van der Waals surface area contributed by atoms with E-state index < -0.39 is 0 Å². The maximum Gasteiger partial charge on any atom is 0.264 e. The molecule has 0 unspecified atom stereocenters. The van der Waals surface area contributed by atoms with Gasteiger partial charge in [0.25, 0.3) is 11.8 Å². The van der Waals surface area contributed by atoms with E-state index in [-0.39, 0.29) is 18.4 Å². The Balaban J connectivity index is 1.30. The number of aryl methyl sites for hydroxylation is 1. The van der Waals surface area contributed by atoms with Gasteiger partial charge < -0.3 is 14.2 Å². The maximum atomic E-state index is 12.4. The molecule has 2 aromatic heterocycles. The number of ether oxygens (including phenoxy) is 1. The number of nitrogens with zero attached hydrogens (tertiary/aromatic N) is 3. The van der Waals surface area contributed by atoms with Crippen molar-refractivity contribution < 1.29 is 14.1 Å². The summed E-state index contributed by atoms with van der Waals surface area (Å²) in [6, 6.07) is 9.72. The lowest BCUT2D eigenvalue weighted by atomic mass is 9.96. The Kier molecular flexibility index (Phi) is 5.20. The van der Waals surface area contributed by atoms with Crippen LogP contribution >= 0.6 is 11.3 Å². The number of benzene rings is 1. The number of rotatable bonds is 5. The van der Waals surface area contributed by atoms with Gasteiger partial charge in [0.15, 0.2) is 12.4 Å². The first-order chi connectivity index (χ1) is 13.2. The number of amides is 1. The smallest absolute Gasteiger partial charge is 0.264 e. The standard InChI is InChI=1S/C20H21N3O3S/c1-14-2-4-17(5-3-14)25-12-18-21-19(22-26-18)15-6-9-23(10-7-15)20(24)16-8-11-27-13-16/h2-5,8,11,13,15H,6-7,9-10,12H2,1H3. The molecule has 1 aliphatic rings. The summed E-state index contributed by atoms with van der Waals surface area (Å²) in [4.78, 5) is 18.8. The fourth-order valence-corrected chi connectivity index (χ4v) is 3.81. The second-order valence-electron chi connectivity index (χ2n) is 6.73. The van der Waals surface area contributed by atoms with Crippen molar-refractivity contribution in [2.24, 2.45) is 0 Å². The van der Waals surface area contributed by atoms with E-state index in [4.69, 9.17) is 9.26 Å². The molecular formula is C20H21N3O3S. The summed E-state index contributed by atoms with van der Waals surface area (Å²) in [6.45, 7) is 3.71. The van der Waals surface area contributed by atoms with Gasteiger partial charge in [-0.3, -0.25) is 4.79 Å². The summed E-state index contributed by atoms with van der Waals surface area (Å²) in [5.41, 5.74) is 1.96. The van der Waals surface area contributed by atoms with Gasteiger partial charge in [0, 0.05) is 24.4 Å². The van der Waals surface area contributed by atoms with Crippen molar-refractivity contribution in [3.63, 3.8) is 0 Å². The molecule has 0 saturated carbocycles. The number of hydrogen-bond acceptors (Lipinski definition) is 6. The monoisotopic (exact) mass is 383 g/mol. The molecule has 3 heterocycles. The van der Waals surface area contributed by atoms with Crippen molar-refractivity contribution in [2.75, 3.05) is 13.1 Å². The van der Waals surface area contributed by atoms with E-state index in [1.807, 2.05) is 52.9 Å². The number of carbonyl (C=O) groups excluding carboxylic acids is 1. The van der Waals surface area contributed by atoms with E-state index in [2.05, 4.69) is 10.1 Å². The highest BCUT2D eigenvalue weighted by molar-refractivity contribution is 7.08. The van der Waals surface area contributed by atoms with Gasteiger partial charge in [0.2, 0.25) is 0 Å². The molecule has 4 rings (SSSR count). The van der Waals surface area contributed by atoms with Gasteiger partial charge in [-0.05, 0) is 43.3 Å². The Bertz CT molecular complexity index is 882. The molecule has 0 N–H and O–H groups in total. The average molecular weight is 383 g/mol. The summed E-state index contributed by atoms with van der Waals surface area (Å²) >= 11 is 1.54. The van der Waals surface area contributed by atoms with Crippen LogP contribution in [0.5, 0.6) is 5.75 Å². The van der Waals surface area contributed by atoms with Gasteiger partial charge in [0.05, 0.1) is 5.56 Å². The number of likely N-dealkylation sites (tertiary alicyclic amines) is 1. The Morgan fingerprint density at radius 2 is 2.04 bits per heavy atom. The van der Waals surface area contributed by atoms with Crippen molar-refractivity contribution in [2.45, 2.75) is 32.3 Å². The van der Waals surface area contributed by atoms with E-state index >= 15 is 0 Å². The van der Waals surface area contributed by atoms with Crippen LogP contribution in [0.2, 0.25) is 0 Å². The van der Waals surface area contributed by atoms with Crippen molar-refractivity contribution >= 4 is 17.2 Å². The van der Waals surface area contributed by atoms with Crippen LogP contribution in [-0.2, 0) is 6.61 Å². The van der Waals surface area contributed by atoms with Crippen LogP contribution in [0.1, 0.15) is 46.4 Å². The number of piperidine rings is 1. The SMILES string of the molecule is Cc1ccc(OCc2nc(C3CCN(C(=O)c4ccsc4)CC3)no2)cc1. The second-order valence-corrected chi connectivity index (χ2v) is 7.51. The highest BCUT2D eigenvalue weighted by Gasteiger charge is 2.27. The molecule has 3 aromatic rings. The Labute approximate surface area is 161 Å². The Morgan fingerprint density at radius 1 is 1.26 bits per heavy atom. The third kappa shape index (κ3) is 4.19. The predicted octanol–water partition coefficient (Wildman–Crippen LogP) is 4.04. The molecule has 7 heteroatoms. The third-order valence-electron chi connectivity index (χ3n) is 4.78. The molecule has 6 nitrogen and oxygen atoms in total. The molecule has 0 atom stereocenters. The third-order valence-corrected chi connectivity index (χ3v) is 5.47. The lowest BCUT2D eigenvalue weighted by molar-refractivity contribution is 0.0711. The molecule has 140 valence electrons. The van der Waals surface area contributed by atoms with Crippen LogP contribution in [0, 0.1) is 6.92 Å².